The molecule has 1 aromatic rings. The van der Waals surface area contributed by atoms with Crippen molar-refractivity contribution < 1.29 is 33.2 Å². The van der Waals surface area contributed by atoms with Crippen LogP contribution in [0.1, 0.15) is 58.4 Å². The van der Waals surface area contributed by atoms with E-state index in [-0.39, 0.29) is 6.10 Å². The van der Waals surface area contributed by atoms with Crippen molar-refractivity contribution in [1.29, 1.82) is 0 Å². The average Bonchev–Trinajstić information content (AvgIpc) is 3.36. The van der Waals surface area contributed by atoms with Gasteiger partial charge in [0.1, 0.15) is 24.4 Å². The highest BCUT2D eigenvalue weighted by atomic mass is 16.8. The second kappa shape index (κ2) is 13.4. The van der Waals surface area contributed by atoms with Gasteiger partial charge in [-0.05, 0) is 39.3 Å². The summed E-state index contributed by atoms with van der Waals surface area (Å²) in [6.45, 7) is 11.9. The van der Waals surface area contributed by atoms with Crippen LogP contribution in [-0.4, -0.2) is 86.9 Å². The quantitative estimate of drug-likeness (QED) is 0.404. The number of carbonyl (C=O) groups is 1. The maximum Gasteiger partial charge on any atom is 0.412 e. The molecule has 3 fully saturated rings. The first-order valence-corrected chi connectivity index (χ1v) is 13.8. The van der Waals surface area contributed by atoms with E-state index in [1.54, 1.807) is 0 Å². The molecular formula is C28H44N2O7. The van der Waals surface area contributed by atoms with Gasteiger partial charge in [0.25, 0.3) is 0 Å². The normalized spacial score (nSPS) is 28.1. The summed E-state index contributed by atoms with van der Waals surface area (Å²) in [4.78, 5) is 15.2. The Bertz CT molecular complexity index is 843. The molecule has 0 unspecified atom stereocenters. The largest absolute Gasteiger partial charge is 0.442 e. The van der Waals surface area contributed by atoms with Crippen molar-refractivity contribution in [1.82, 2.24) is 4.90 Å². The number of carbonyl (C=O) groups excluding carboxylic acids is 1. The molecule has 4 rings (SSSR count). The van der Waals surface area contributed by atoms with Gasteiger partial charge in [0.2, 0.25) is 0 Å². The van der Waals surface area contributed by atoms with Crippen molar-refractivity contribution in [3.05, 3.63) is 29.8 Å². The van der Waals surface area contributed by atoms with E-state index in [4.69, 9.17) is 28.4 Å². The highest BCUT2D eigenvalue weighted by Crippen LogP contribution is 2.41. The number of benzene rings is 1. The van der Waals surface area contributed by atoms with E-state index in [0.29, 0.717) is 32.1 Å². The van der Waals surface area contributed by atoms with Crippen LogP contribution in [-0.2, 0) is 28.4 Å². The number of morpholine rings is 1. The fraction of sp³-hybridized carbons (Fsp3) is 0.750. The van der Waals surface area contributed by atoms with Crippen molar-refractivity contribution in [3.8, 4) is 0 Å². The first-order valence-electron chi connectivity index (χ1n) is 13.8. The predicted octanol–water partition coefficient (Wildman–Crippen LogP) is 4.48. The number of hydrogen-bond acceptors (Lipinski definition) is 8. The molecule has 1 N–H and O–H groups in total. The summed E-state index contributed by atoms with van der Waals surface area (Å²) in [7, 11) is 0. The van der Waals surface area contributed by atoms with Crippen LogP contribution in [0.3, 0.4) is 0 Å². The predicted molar refractivity (Wildman–Crippen MR) is 140 cm³/mol. The summed E-state index contributed by atoms with van der Waals surface area (Å²) >= 11 is 0. The summed E-state index contributed by atoms with van der Waals surface area (Å²) in [6, 6.07) is 7.61. The summed E-state index contributed by atoms with van der Waals surface area (Å²) in [5.74, 6) is -0.770. The second-order valence-corrected chi connectivity index (χ2v) is 10.7. The van der Waals surface area contributed by atoms with E-state index >= 15 is 0 Å². The minimum absolute atomic E-state index is 0.383. The number of aryl methyl sites for hydroxylation is 1. The van der Waals surface area contributed by atoms with E-state index in [1.807, 2.05) is 45.0 Å². The Morgan fingerprint density at radius 1 is 1.08 bits per heavy atom. The highest BCUT2D eigenvalue weighted by Gasteiger charge is 2.58. The molecule has 0 spiro atoms. The van der Waals surface area contributed by atoms with Gasteiger partial charge in [0.05, 0.1) is 13.2 Å². The maximum atomic E-state index is 13.0. The minimum atomic E-state index is -0.770. The third-order valence-corrected chi connectivity index (χ3v) is 7.04. The SMILES string of the molecule is CCCCCCCO[C@H]1O[C@H]([C@@H](CN2CCOCC2)OC(=O)Nc2ccc(C)cc2)[C@@H]2OC(C)(C)O[C@H]12. The zero-order chi connectivity index (χ0) is 26.3. The fourth-order valence-corrected chi connectivity index (χ4v) is 5.10. The molecule has 0 aliphatic carbocycles. The molecule has 1 amide bonds. The zero-order valence-corrected chi connectivity index (χ0v) is 22.8. The van der Waals surface area contributed by atoms with E-state index in [0.717, 1.165) is 31.5 Å². The Morgan fingerprint density at radius 2 is 1.78 bits per heavy atom. The van der Waals surface area contributed by atoms with Crippen LogP contribution in [0.25, 0.3) is 0 Å². The van der Waals surface area contributed by atoms with Crippen molar-refractivity contribution in [3.63, 3.8) is 0 Å². The molecule has 0 aromatic heterocycles. The number of nitrogens with one attached hydrogen (secondary N) is 1. The molecule has 0 radical (unpaired) electrons. The van der Waals surface area contributed by atoms with Crippen molar-refractivity contribution in [2.24, 2.45) is 0 Å². The summed E-state index contributed by atoms with van der Waals surface area (Å²) in [6.07, 6.45) is 2.77. The molecule has 5 atom stereocenters. The Hall–Kier alpha value is -1.75. The molecule has 208 valence electrons. The molecule has 9 heteroatoms. The van der Waals surface area contributed by atoms with Crippen LogP contribution in [0, 0.1) is 6.92 Å². The minimum Gasteiger partial charge on any atom is -0.442 e. The van der Waals surface area contributed by atoms with Crippen molar-refractivity contribution in [2.45, 2.75) is 96.3 Å². The lowest BCUT2D eigenvalue weighted by atomic mass is 10.0. The van der Waals surface area contributed by atoms with Crippen LogP contribution >= 0.6 is 0 Å². The van der Waals surface area contributed by atoms with Crippen LogP contribution < -0.4 is 5.32 Å². The summed E-state index contributed by atoms with van der Waals surface area (Å²) < 4.78 is 36.5. The third-order valence-electron chi connectivity index (χ3n) is 7.04. The molecule has 0 bridgehead atoms. The molecule has 3 saturated heterocycles. The van der Waals surface area contributed by atoms with Gasteiger partial charge in [-0.15, -0.1) is 0 Å². The Labute approximate surface area is 221 Å². The maximum absolute atomic E-state index is 13.0. The fourth-order valence-electron chi connectivity index (χ4n) is 5.10. The summed E-state index contributed by atoms with van der Waals surface area (Å²) in [5.41, 5.74) is 1.80. The van der Waals surface area contributed by atoms with Crippen LogP contribution in [0.15, 0.2) is 24.3 Å². The van der Waals surface area contributed by atoms with E-state index in [2.05, 4.69) is 17.1 Å². The zero-order valence-electron chi connectivity index (χ0n) is 22.8. The Morgan fingerprint density at radius 3 is 2.51 bits per heavy atom. The Kier molecular flexibility index (Phi) is 10.2. The van der Waals surface area contributed by atoms with Crippen LogP contribution in [0.2, 0.25) is 0 Å². The first kappa shape index (κ1) is 28.3. The highest BCUT2D eigenvalue weighted by molar-refractivity contribution is 5.84. The number of ether oxygens (including phenoxy) is 6. The van der Waals surface area contributed by atoms with Gasteiger partial charge in [-0.3, -0.25) is 10.2 Å². The first-order chi connectivity index (χ1) is 17.8. The van der Waals surface area contributed by atoms with E-state index < -0.39 is 36.5 Å². The molecular weight excluding hydrogens is 476 g/mol. The van der Waals surface area contributed by atoms with Gasteiger partial charge in [-0.2, -0.15) is 0 Å². The molecule has 1 aromatic carbocycles. The van der Waals surface area contributed by atoms with Crippen LogP contribution in [0.5, 0.6) is 0 Å². The lowest BCUT2D eigenvalue weighted by Crippen LogP contribution is -2.50. The van der Waals surface area contributed by atoms with Gasteiger partial charge in [-0.1, -0.05) is 50.3 Å². The lowest BCUT2D eigenvalue weighted by molar-refractivity contribution is -0.243. The smallest absolute Gasteiger partial charge is 0.412 e. The number of amides is 1. The number of unbranched alkanes of at least 4 members (excludes halogenated alkanes) is 4. The summed E-state index contributed by atoms with van der Waals surface area (Å²) in [5, 5.41) is 2.84. The lowest BCUT2D eigenvalue weighted by Gasteiger charge is -2.34. The standard InChI is InChI=1S/C28H44N2O7/c1-5-6-7-8-9-16-33-26-25-24(36-28(3,4)37-25)23(35-26)22(19-30-14-17-32-18-15-30)34-27(31)29-21-12-10-20(2)11-13-21/h10-13,22-26H,5-9,14-19H2,1-4H3,(H,29,31)/t22-,23-,24+,25+,26+/m1/s1. The number of fused-ring (bicyclic) bond motifs is 1. The molecule has 9 nitrogen and oxygen atoms in total. The van der Waals surface area contributed by atoms with Gasteiger partial charge in [0.15, 0.2) is 12.1 Å². The molecule has 0 saturated carbocycles. The molecule has 3 heterocycles. The topological polar surface area (TPSA) is 87.7 Å². The molecule has 37 heavy (non-hydrogen) atoms. The second-order valence-electron chi connectivity index (χ2n) is 10.7. The van der Waals surface area contributed by atoms with Crippen molar-refractivity contribution in [2.75, 3.05) is 44.8 Å². The van der Waals surface area contributed by atoms with Crippen LogP contribution in [0.4, 0.5) is 10.5 Å². The monoisotopic (exact) mass is 520 g/mol. The van der Waals surface area contributed by atoms with Gasteiger partial charge >= 0.3 is 6.09 Å². The average molecular weight is 521 g/mol. The number of nitrogens with zero attached hydrogens (tertiary/aromatic N) is 1. The van der Waals surface area contributed by atoms with Gasteiger partial charge in [0, 0.05) is 31.9 Å². The molecule has 3 aliphatic rings. The van der Waals surface area contributed by atoms with Gasteiger partial charge in [-0.25, -0.2) is 4.79 Å². The molecule has 3 aliphatic heterocycles. The van der Waals surface area contributed by atoms with Crippen molar-refractivity contribution >= 4 is 11.8 Å². The number of rotatable bonds is 12. The van der Waals surface area contributed by atoms with Gasteiger partial charge < -0.3 is 28.4 Å². The third kappa shape index (κ3) is 8.12. The Balaban J connectivity index is 1.43. The number of hydrogen-bond donors (Lipinski definition) is 1. The number of anilines is 1. The van der Waals surface area contributed by atoms with E-state index in [9.17, 15) is 4.79 Å². The van der Waals surface area contributed by atoms with E-state index in [1.165, 1.54) is 19.3 Å².